The maximum atomic E-state index is 12.5. The van der Waals surface area contributed by atoms with Crippen LogP contribution in [0.5, 0.6) is 0 Å². The zero-order valence-electron chi connectivity index (χ0n) is 7.30. The third kappa shape index (κ3) is 2.73. The molecule has 3 heteroatoms. The van der Waals surface area contributed by atoms with Crippen molar-refractivity contribution in [2.75, 3.05) is 19.7 Å². The third-order valence-electron chi connectivity index (χ3n) is 1.75. The minimum absolute atomic E-state index is 0. The van der Waals surface area contributed by atoms with E-state index in [2.05, 4.69) is 0 Å². The molecule has 12 heavy (non-hydrogen) atoms. The Morgan fingerprint density at radius 2 is 1.67 bits per heavy atom. The Bertz CT molecular complexity index is 223. The van der Waals surface area contributed by atoms with Gasteiger partial charge in [0.2, 0.25) is 0 Å². The van der Waals surface area contributed by atoms with E-state index in [1.807, 2.05) is 43.7 Å². The van der Waals surface area contributed by atoms with Crippen molar-refractivity contribution in [1.82, 2.24) is 0 Å². The Morgan fingerprint density at radius 3 is 2.08 bits per heavy atom. The minimum Gasteiger partial charge on any atom is -1.00 e. The fourth-order valence-corrected chi connectivity index (χ4v) is 2.02. The number of halogens is 2. The maximum Gasteiger partial charge on any atom is 0.199 e. The van der Waals surface area contributed by atoms with Gasteiger partial charge < -0.3 is 12.4 Å². The van der Waals surface area contributed by atoms with E-state index in [0.717, 1.165) is 0 Å². The van der Waals surface area contributed by atoms with E-state index in [1.54, 1.807) is 0 Å². The first-order valence-corrected chi connectivity index (χ1v) is 6.48. The summed E-state index contributed by atoms with van der Waals surface area (Å²) in [6.07, 6.45) is -0.197. The van der Waals surface area contributed by atoms with Crippen molar-refractivity contribution in [3.05, 3.63) is 30.3 Å². The first-order valence-electron chi connectivity index (χ1n) is 3.61. The van der Waals surface area contributed by atoms with Gasteiger partial charge in [-0.15, -0.1) is 0 Å². The molecule has 0 aliphatic heterocycles. The summed E-state index contributed by atoms with van der Waals surface area (Å²) in [5.41, 5.74) is 0. The molecule has 0 amide bonds. The Kier molecular flexibility index (Phi) is 4.74. The predicted octanol–water partition coefficient (Wildman–Crippen LogP) is -0.480. The number of alkyl halides is 1. The van der Waals surface area contributed by atoms with Crippen molar-refractivity contribution >= 4 is 12.6 Å². The number of benzene rings is 1. The van der Waals surface area contributed by atoms with Crippen LogP contribution in [0.1, 0.15) is 0 Å². The highest BCUT2D eigenvalue weighted by atomic mass is 35.5. The SMILES string of the molecule is C[P+](C)(CF)c1ccccc1.[Cl-]. The average molecular weight is 207 g/mol. The van der Waals surface area contributed by atoms with Crippen LogP contribution in [0.3, 0.4) is 0 Å². The topological polar surface area (TPSA) is 0 Å². The van der Waals surface area contributed by atoms with Gasteiger partial charge in [-0.05, 0) is 12.1 Å². The van der Waals surface area contributed by atoms with Crippen LogP contribution in [0.25, 0.3) is 0 Å². The lowest BCUT2D eigenvalue weighted by atomic mass is 10.4. The Labute approximate surface area is 79.9 Å². The molecule has 0 aromatic heterocycles. The monoisotopic (exact) mass is 206 g/mol. The highest BCUT2D eigenvalue weighted by molar-refractivity contribution is 7.81. The van der Waals surface area contributed by atoms with E-state index in [1.165, 1.54) is 5.30 Å². The second-order valence-corrected chi connectivity index (χ2v) is 7.27. The van der Waals surface area contributed by atoms with Gasteiger partial charge in [0.15, 0.2) is 6.42 Å². The predicted molar refractivity (Wildman–Crippen MR) is 50.8 cm³/mol. The van der Waals surface area contributed by atoms with Crippen LogP contribution in [-0.4, -0.2) is 19.7 Å². The van der Waals surface area contributed by atoms with Crippen molar-refractivity contribution in [3.8, 4) is 0 Å². The van der Waals surface area contributed by atoms with E-state index in [4.69, 9.17) is 0 Å². The van der Waals surface area contributed by atoms with Crippen molar-refractivity contribution in [1.29, 1.82) is 0 Å². The molecule has 0 radical (unpaired) electrons. The van der Waals surface area contributed by atoms with Crippen LogP contribution in [0.15, 0.2) is 30.3 Å². The number of rotatable bonds is 2. The lowest BCUT2D eigenvalue weighted by Gasteiger charge is -2.12. The van der Waals surface area contributed by atoms with Gasteiger partial charge in [0.05, 0.1) is 25.9 Å². The largest absolute Gasteiger partial charge is 1.00 e. The summed E-state index contributed by atoms with van der Waals surface area (Å²) in [7, 11) is -1.44. The van der Waals surface area contributed by atoms with Crippen molar-refractivity contribution < 1.29 is 16.8 Å². The quantitative estimate of drug-likeness (QED) is 0.574. The molecule has 0 spiro atoms. The molecule has 0 nitrogen and oxygen atoms in total. The van der Waals surface area contributed by atoms with E-state index < -0.39 is 7.26 Å². The van der Waals surface area contributed by atoms with Crippen LogP contribution in [0, 0.1) is 0 Å². The summed E-state index contributed by atoms with van der Waals surface area (Å²) in [5, 5.41) is 1.17. The first kappa shape index (κ1) is 11.9. The van der Waals surface area contributed by atoms with Crippen molar-refractivity contribution in [2.45, 2.75) is 0 Å². The van der Waals surface area contributed by atoms with E-state index in [0.29, 0.717) is 0 Å². The number of hydrogen-bond donors (Lipinski definition) is 0. The van der Waals surface area contributed by atoms with E-state index in [-0.39, 0.29) is 18.8 Å². The van der Waals surface area contributed by atoms with Gasteiger partial charge >= 0.3 is 0 Å². The summed E-state index contributed by atoms with van der Waals surface area (Å²) in [4.78, 5) is 0. The first-order chi connectivity index (χ1) is 5.17. The molecular formula is C9H13ClFP. The normalized spacial score (nSPS) is 10.6. The Balaban J connectivity index is 0.00000121. The lowest BCUT2D eigenvalue weighted by molar-refractivity contribution is -0.00000281. The highest BCUT2D eigenvalue weighted by Gasteiger charge is 2.27. The van der Waals surface area contributed by atoms with Crippen LogP contribution < -0.4 is 17.7 Å². The fraction of sp³-hybridized carbons (Fsp3) is 0.333. The molecule has 0 saturated carbocycles. The molecule has 0 fully saturated rings. The molecule has 1 aromatic carbocycles. The average Bonchev–Trinajstić information content (AvgIpc) is 2.06. The van der Waals surface area contributed by atoms with Gasteiger partial charge in [-0.2, -0.15) is 0 Å². The summed E-state index contributed by atoms with van der Waals surface area (Å²) in [6.45, 7) is 4.03. The molecule has 1 aromatic rings. The molecule has 0 unspecified atom stereocenters. The van der Waals surface area contributed by atoms with Crippen LogP contribution in [0.2, 0.25) is 0 Å². The summed E-state index contributed by atoms with van der Waals surface area (Å²) in [5.74, 6) is 0. The molecule has 0 atom stereocenters. The van der Waals surface area contributed by atoms with E-state index >= 15 is 0 Å². The van der Waals surface area contributed by atoms with Crippen molar-refractivity contribution in [3.63, 3.8) is 0 Å². The van der Waals surface area contributed by atoms with Gasteiger partial charge in [-0.1, -0.05) is 18.2 Å². The van der Waals surface area contributed by atoms with Crippen molar-refractivity contribution in [2.24, 2.45) is 0 Å². The highest BCUT2D eigenvalue weighted by Crippen LogP contribution is 2.49. The fourth-order valence-electron chi connectivity index (χ4n) is 0.901. The standard InChI is InChI=1S/C9H13FP.ClH/c1-11(2,8-10)9-6-4-3-5-7-9;/h3-7H,8H2,1-2H3;1H/q+1;/p-1. The van der Waals surface area contributed by atoms with Crippen LogP contribution >= 0.6 is 7.26 Å². The van der Waals surface area contributed by atoms with Gasteiger partial charge in [0.25, 0.3) is 0 Å². The number of hydrogen-bond acceptors (Lipinski definition) is 0. The molecule has 1 rings (SSSR count). The molecule has 0 saturated heterocycles. The molecule has 0 aliphatic carbocycles. The molecule has 0 heterocycles. The zero-order valence-corrected chi connectivity index (χ0v) is 8.95. The lowest BCUT2D eigenvalue weighted by Crippen LogP contribution is -3.00. The Hall–Kier alpha value is -0.130. The second kappa shape index (κ2) is 4.79. The van der Waals surface area contributed by atoms with Crippen LogP contribution in [0.4, 0.5) is 4.39 Å². The van der Waals surface area contributed by atoms with Gasteiger partial charge in [-0.25, -0.2) is 4.39 Å². The summed E-state index contributed by atoms with van der Waals surface area (Å²) in [6, 6.07) is 9.90. The van der Waals surface area contributed by atoms with Gasteiger partial charge in [0, 0.05) is 0 Å². The molecule has 0 aliphatic rings. The molecule has 0 bridgehead atoms. The minimum atomic E-state index is -1.44. The Morgan fingerprint density at radius 1 is 1.17 bits per heavy atom. The summed E-state index contributed by atoms with van der Waals surface area (Å²) < 4.78 is 12.5. The van der Waals surface area contributed by atoms with Crippen LogP contribution in [-0.2, 0) is 0 Å². The van der Waals surface area contributed by atoms with E-state index in [9.17, 15) is 4.39 Å². The molecule has 68 valence electrons. The summed E-state index contributed by atoms with van der Waals surface area (Å²) >= 11 is 0. The smallest absolute Gasteiger partial charge is 0.199 e. The second-order valence-electron chi connectivity index (χ2n) is 3.14. The maximum absolute atomic E-state index is 12.5. The van der Waals surface area contributed by atoms with Gasteiger partial charge in [-0.3, -0.25) is 0 Å². The third-order valence-corrected chi connectivity index (χ3v) is 4.05. The molecule has 0 N–H and O–H groups in total. The van der Waals surface area contributed by atoms with Gasteiger partial charge in [0.1, 0.15) is 0 Å². The zero-order chi connectivity index (χ0) is 8.32. The molecular weight excluding hydrogens is 194 g/mol.